The Balaban J connectivity index is 2.01. The van der Waals surface area contributed by atoms with Crippen molar-refractivity contribution in [3.63, 3.8) is 0 Å². The molecule has 2 N–H and O–H groups in total. The van der Waals surface area contributed by atoms with Crippen LogP contribution in [0.15, 0.2) is 0 Å². The number of nitrogens with zero attached hydrogens (tertiary/aromatic N) is 2. The standard InChI is InChI=1S/C10H16N4O2/c1-7-11-8(14-13-7)9(15)12-10(2)4-3-5-16-6-10/h3-6H2,1-2H3,(H,12,15)(H,11,13,14). The van der Waals surface area contributed by atoms with E-state index in [4.69, 9.17) is 4.74 Å². The van der Waals surface area contributed by atoms with Crippen LogP contribution >= 0.6 is 0 Å². The molecule has 0 saturated carbocycles. The van der Waals surface area contributed by atoms with Gasteiger partial charge in [0.05, 0.1) is 12.1 Å². The van der Waals surface area contributed by atoms with Gasteiger partial charge in [0.1, 0.15) is 5.82 Å². The van der Waals surface area contributed by atoms with E-state index in [1.165, 1.54) is 0 Å². The highest BCUT2D eigenvalue weighted by molar-refractivity contribution is 5.90. The Labute approximate surface area is 93.8 Å². The van der Waals surface area contributed by atoms with E-state index in [-0.39, 0.29) is 17.3 Å². The third kappa shape index (κ3) is 2.38. The van der Waals surface area contributed by atoms with Crippen LogP contribution < -0.4 is 5.32 Å². The highest BCUT2D eigenvalue weighted by Gasteiger charge is 2.30. The molecule has 2 heterocycles. The van der Waals surface area contributed by atoms with E-state index in [9.17, 15) is 4.79 Å². The van der Waals surface area contributed by atoms with E-state index in [0.29, 0.717) is 12.4 Å². The molecule has 1 aliphatic heterocycles. The van der Waals surface area contributed by atoms with E-state index < -0.39 is 0 Å². The fourth-order valence-corrected chi connectivity index (χ4v) is 1.81. The zero-order valence-electron chi connectivity index (χ0n) is 9.54. The lowest BCUT2D eigenvalue weighted by Crippen LogP contribution is -2.51. The first kappa shape index (κ1) is 11.1. The third-order valence-corrected chi connectivity index (χ3v) is 2.65. The largest absolute Gasteiger partial charge is 0.379 e. The lowest BCUT2D eigenvalue weighted by molar-refractivity contribution is 0.0270. The third-order valence-electron chi connectivity index (χ3n) is 2.65. The number of aryl methyl sites for hydroxylation is 1. The molecule has 1 amide bonds. The Hall–Kier alpha value is -1.43. The van der Waals surface area contributed by atoms with Gasteiger partial charge in [-0.05, 0) is 26.7 Å². The summed E-state index contributed by atoms with van der Waals surface area (Å²) in [6.07, 6.45) is 1.88. The summed E-state index contributed by atoms with van der Waals surface area (Å²) in [6, 6.07) is 0. The van der Waals surface area contributed by atoms with E-state index in [2.05, 4.69) is 20.5 Å². The van der Waals surface area contributed by atoms with E-state index in [1.807, 2.05) is 6.92 Å². The average Bonchev–Trinajstić information content (AvgIpc) is 2.65. The van der Waals surface area contributed by atoms with Gasteiger partial charge >= 0.3 is 0 Å². The van der Waals surface area contributed by atoms with E-state index >= 15 is 0 Å². The Morgan fingerprint density at radius 3 is 3.00 bits per heavy atom. The Bertz CT molecular complexity index is 382. The second kappa shape index (κ2) is 4.21. The van der Waals surface area contributed by atoms with Crippen LogP contribution in [-0.4, -0.2) is 39.8 Å². The molecule has 6 heteroatoms. The summed E-state index contributed by atoms with van der Waals surface area (Å²) in [7, 11) is 0. The number of hydrogen-bond donors (Lipinski definition) is 2. The lowest BCUT2D eigenvalue weighted by atomic mass is 9.95. The minimum atomic E-state index is -0.302. The highest BCUT2D eigenvalue weighted by atomic mass is 16.5. The number of aromatic nitrogens is 3. The van der Waals surface area contributed by atoms with Gasteiger partial charge in [0, 0.05) is 6.61 Å². The number of carbonyl (C=O) groups excluding carboxylic acids is 1. The minimum absolute atomic E-state index is 0.185. The number of aromatic amines is 1. The molecule has 0 radical (unpaired) electrons. The summed E-state index contributed by atoms with van der Waals surface area (Å²) >= 11 is 0. The first-order valence-corrected chi connectivity index (χ1v) is 5.38. The normalized spacial score (nSPS) is 25.4. The van der Waals surface area contributed by atoms with Crippen LogP contribution in [0.4, 0.5) is 0 Å². The molecule has 88 valence electrons. The number of hydrogen-bond acceptors (Lipinski definition) is 4. The Morgan fingerprint density at radius 1 is 1.62 bits per heavy atom. The Morgan fingerprint density at radius 2 is 2.44 bits per heavy atom. The zero-order valence-corrected chi connectivity index (χ0v) is 9.54. The Kier molecular flexibility index (Phi) is 2.91. The molecule has 1 aromatic rings. The number of rotatable bonds is 2. The first-order valence-electron chi connectivity index (χ1n) is 5.38. The maximum Gasteiger partial charge on any atom is 0.291 e. The molecule has 1 aromatic heterocycles. The molecule has 0 spiro atoms. The van der Waals surface area contributed by atoms with Crippen molar-refractivity contribution in [3.8, 4) is 0 Å². The van der Waals surface area contributed by atoms with Crippen molar-refractivity contribution in [1.29, 1.82) is 0 Å². The van der Waals surface area contributed by atoms with Crippen LogP contribution in [0.2, 0.25) is 0 Å². The van der Waals surface area contributed by atoms with Crippen LogP contribution in [0.5, 0.6) is 0 Å². The monoisotopic (exact) mass is 224 g/mol. The summed E-state index contributed by atoms with van der Waals surface area (Å²) in [5.74, 6) is 0.567. The molecular formula is C10H16N4O2. The molecule has 1 saturated heterocycles. The van der Waals surface area contributed by atoms with Gasteiger partial charge in [-0.15, -0.1) is 5.10 Å². The zero-order chi connectivity index (χ0) is 11.6. The van der Waals surface area contributed by atoms with E-state index in [1.54, 1.807) is 6.92 Å². The molecule has 1 aliphatic rings. The molecule has 1 atom stereocenters. The smallest absolute Gasteiger partial charge is 0.291 e. The van der Waals surface area contributed by atoms with Crippen LogP contribution in [0.25, 0.3) is 0 Å². The molecule has 6 nitrogen and oxygen atoms in total. The fraction of sp³-hybridized carbons (Fsp3) is 0.700. The maximum absolute atomic E-state index is 11.8. The van der Waals surface area contributed by atoms with Gasteiger partial charge in [0.2, 0.25) is 5.82 Å². The van der Waals surface area contributed by atoms with Crippen molar-refractivity contribution in [1.82, 2.24) is 20.5 Å². The number of H-pyrrole nitrogens is 1. The average molecular weight is 224 g/mol. The van der Waals surface area contributed by atoms with Crippen LogP contribution in [0, 0.1) is 6.92 Å². The van der Waals surface area contributed by atoms with Crippen LogP contribution in [-0.2, 0) is 4.74 Å². The SMILES string of the molecule is Cc1nc(C(=O)NC2(C)CCCOC2)n[nH]1. The summed E-state index contributed by atoms with van der Waals surface area (Å²) in [5.41, 5.74) is -0.302. The lowest BCUT2D eigenvalue weighted by Gasteiger charge is -2.33. The van der Waals surface area contributed by atoms with Gasteiger partial charge in [-0.2, -0.15) is 0 Å². The summed E-state index contributed by atoms with van der Waals surface area (Å²) in [6.45, 7) is 5.05. The maximum atomic E-state index is 11.8. The van der Waals surface area contributed by atoms with Gasteiger partial charge in [-0.25, -0.2) is 4.98 Å². The van der Waals surface area contributed by atoms with Gasteiger partial charge in [-0.1, -0.05) is 0 Å². The predicted molar refractivity (Wildman–Crippen MR) is 57.0 cm³/mol. The minimum Gasteiger partial charge on any atom is -0.379 e. The molecule has 0 aliphatic carbocycles. The van der Waals surface area contributed by atoms with Crippen molar-refractivity contribution in [3.05, 3.63) is 11.6 Å². The second-order valence-corrected chi connectivity index (χ2v) is 4.42. The van der Waals surface area contributed by atoms with Crippen molar-refractivity contribution in [2.24, 2.45) is 0 Å². The number of nitrogens with one attached hydrogen (secondary N) is 2. The summed E-state index contributed by atoms with van der Waals surface area (Å²) < 4.78 is 5.36. The van der Waals surface area contributed by atoms with Crippen LogP contribution in [0.3, 0.4) is 0 Å². The summed E-state index contributed by atoms with van der Waals surface area (Å²) in [5, 5.41) is 9.39. The predicted octanol–water partition coefficient (Wildman–Crippen LogP) is 0.412. The van der Waals surface area contributed by atoms with Gasteiger partial charge < -0.3 is 10.1 Å². The quantitative estimate of drug-likeness (QED) is 0.762. The molecule has 1 fully saturated rings. The molecule has 16 heavy (non-hydrogen) atoms. The molecule has 0 bridgehead atoms. The number of carbonyl (C=O) groups is 1. The topological polar surface area (TPSA) is 79.9 Å². The van der Waals surface area contributed by atoms with Gasteiger partial charge in [0.25, 0.3) is 5.91 Å². The van der Waals surface area contributed by atoms with E-state index in [0.717, 1.165) is 19.4 Å². The van der Waals surface area contributed by atoms with Crippen molar-refractivity contribution >= 4 is 5.91 Å². The number of ether oxygens (including phenoxy) is 1. The number of amides is 1. The van der Waals surface area contributed by atoms with Crippen molar-refractivity contribution < 1.29 is 9.53 Å². The fourth-order valence-electron chi connectivity index (χ4n) is 1.81. The molecule has 0 aromatic carbocycles. The van der Waals surface area contributed by atoms with Gasteiger partial charge in [-0.3, -0.25) is 9.89 Å². The van der Waals surface area contributed by atoms with Crippen molar-refractivity contribution in [2.45, 2.75) is 32.2 Å². The second-order valence-electron chi connectivity index (χ2n) is 4.42. The van der Waals surface area contributed by atoms with Crippen molar-refractivity contribution in [2.75, 3.05) is 13.2 Å². The molecular weight excluding hydrogens is 208 g/mol. The molecule has 1 unspecified atom stereocenters. The summed E-state index contributed by atoms with van der Waals surface area (Å²) in [4.78, 5) is 15.8. The van der Waals surface area contributed by atoms with Crippen LogP contribution in [0.1, 0.15) is 36.2 Å². The van der Waals surface area contributed by atoms with Gasteiger partial charge in [0.15, 0.2) is 0 Å². The first-order chi connectivity index (χ1) is 7.59. The molecule has 2 rings (SSSR count). The highest BCUT2D eigenvalue weighted by Crippen LogP contribution is 2.18.